The molecule has 1 aromatic heterocycles. The highest BCUT2D eigenvalue weighted by molar-refractivity contribution is 5.96. The van der Waals surface area contributed by atoms with Crippen LogP contribution in [-0.4, -0.2) is 49.7 Å². The first-order valence-electron chi connectivity index (χ1n) is 10.7. The Labute approximate surface area is 172 Å². The van der Waals surface area contributed by atoms with Crippen molar-refractivity contribution in [2.75, 3.05) is 26.9 Å². The Hall–Kier alpha value is -2.15. The fourth-order valence-corrected chi connectivity index (χ4v) is 3.62. The summed E-state index contributed by atoms with van der Waals surface area (Å²) in [7, 11) is 1.58. The summed E-state index contributed by atoms with van der Waals surface area (Å²) in [5, 5.41) is 5.45. The molecule has 160 valence electrons. The average Bonchev–Trinajstić information content (AvgIpc) is 3.56. The molecule has 2 aliphatic rings. The summed E-state index contributed by atoms with van der Waals surface area (Å²) in [5.41, 5.74) is 1.37. The van der Waals surface area contributed by atoms with Crippen molar-refractivity contribution in [2.24, 2.45) is 11.8 Å². The lowest BCUT2D eigenvalue weighted by Crippen LogP contribution is -2.46. The predicted molar refractivity (Wildman–Crippen MR) is 110 cm³/mol. The third kappa shape index (κ3) is 6.16. The first kappa shape index (κ1) is 21.6. The molecule has 0 aromatic carbocycles. The number of carbonyl (C=O) groups is 2. The number of ether oxygens (including phenoxy) is 2. The van der Waals surface area contributed by atoms with Crippen LogP contribution in [0, 0.1) is 11.8 Å². The minimum atomic E-state index is -0.580. The van der Waals surface area contributed by atoms with Crippen LogP contribution in [0.2, 0.25) is 0 Å². The zero-order chi connectivity index (χ0) is 20.8. The van der Waals surface area contributed by atoms with Gasteiger partial charge in [0, 0.05) is 25.8 Å². The van der Waals surface area contributed by atoms with Crippen molar-refractivity contribution >= 4 is 11.8 Å². The van der Waals surface area contributed by atoms with Gasteiger partial charge in [-0.15, -0.1) is 0 Å². The Balaban J connectivity index is 1.70. The molecule has 29 heavy (non-hydrogen) atoms. The molecule has 2 amide bonds. The Morgan fingerprint density at radius 1 is 1.21 bits per heavy atom. The normalized spacial score (nSPS) is 18.3. The van der Waals surface area contributed by atoms with Crippen LogP contribution in [0.3, 0.4) is 0 Å². The number of carbonyl (C=O) groups excluding carboxylic acids is 2. The van der Waals surface area contributed by atoms with Gasteiger partial charge >= 0.3 is 0 Å². The molecule has 0 radical (unpaired) electrons. The summed E-state index contributed by atoms with van der Waals surface area (Å²) in [6.07, 6.45) is 4.81. The van der Waals surface area contributed by atoms with E-state index in [4.69, 9.17) is 9.47 Å². The molecule has 1 aliphatic carbocycles. The molecule has 2 fully saturated rings. The minimum Gasteiger partial charge on any atom is -0.477 e. The molecule has 1 atom stereocenters. The highest BCUT2D eigenvalue weighted by Gasteiger charge is 2.29. The number of nitrogens with one attached hydrogen (secondary N) is 2. The maximum absolute atomic E-state index is 12.8. The maximum Gasteiger partial charge on any atom is 0.270 e. The van der Waals surface area contributed by atoms with Crippen LogP contribution in [-0.2, 0) is 9.53 Å². The molecule has 3 rings (SSSR count). The van der Waals surface area contributed by atoms with E-state index < -0.39 is 6.04 Å². The number of rotatable bonds is 9. The number of amides is 2. The van der Waals surface area contributed by atoms with Gasteiger partial charge in [-0.25, -0.2) is 4.98 Å². The van der Waals surface area contributed by atoms with Crippen LogP contribution in [0.1, 0.15) is 67.9 Å². The highest BCUT2D eigenvalue weighted by atomic mass is 16.5. The fourth-order valence-electron chi connectivity index (χ4n) is 3.62. The second-order valence-corrected chi connectivity index (χ2v) is 8.50. The molecule has 7 nitrogen and oxygen atoms in total. The number of nitrogens with zero attached hydrogens (tertiary/aromatic N) is 1. The van der Waals surface area contributed by atoms with Gasteiger partial charge in [0.1, 0.15) is 11.7 Å². The number of aromatic nitrogens is 1. The molecule has 0 bridgehead atoms. The molecule has 0 spiro atoms. The molecule has 1 aromatic rings. The van der Waals surface area contributed by atoms with Gasteiger partial charge in [-0.3, -0.25) is 9.59 Å². The summed E-state index contributed by atoms with van der Waals surface area (Å²) in [5.74, 6) is 1.23. The molecular weight excluding hydrogens is 370 g/mol. The van der Waals surface area contributed by atoms with Crippen LogP contribution in [0.4, 0.5) is 0 Å². The number of likely N-dealkylation sites (N-methyl/N-ethyl adjacent to an activating group) is 1. The van der Waals surface area contributed by atoms with Crippen molar-refractivity contribution in [1.82, 2.24) is 15.6 Å². The number of hydrogen-bond donors (Lipinski definition) is 2. The van der Waals surface area contributed by atoms with Gasteiger partial charge < -0.3 is 20.1 Å². The van der Waals surface area contributed by atoms with Crippen molar-refractivity contribution in [3.8, 4) is 5.88 Å². The van der Waals surface area contributed by atoms with E-state index in [1.165, 1.54) is 0 Å². The summed E-state index contributed by atoms with van der Waals surface area (Å²) < 4.78 is 11.5. The zero-order valence-corrected chi connectivity index (χ0v) is 17.7. The molecule has 2 heterocycles. The Morgan fingerprint density at radius 2 is 1.93 bits per heavy atom. The molecule has 1 saturated heterocycles. The second-order valence-electron chi connectivity index (χ2n) is 8.50. The van der Waals surface area contributed by atoms with Gasteiger partial charge in [0.25, 0.3) is 5.91 Å². The minimum absolute atomic E-state index is 0.197. The Morgan fingerprint density at radius 3 is 2.55 bits per heavy atom. The third-order valence-corrected chi connectivity index (χ3v) is 5.51. The topological polar surface area (TPSA) is 89.6 Å². The second kappa shape index (κ2) is 10.1. The lowest BCUT2D eigenvalue weighted by Gasteiger charge is -2.23. The Kier molecular flexibility index (Phi) is 7.47. The molecular formula is C22H33N3O4. The summed E-state index contributed by atoms with van der Waals surface area (Å²) in [6, 6.07) is 3.11. The molecule has 7 heteroatoms. The molecule has 1 aliphatic heterocycles. The van der Waals surface area contributed by atoms with Gasteiger partial charge in [-0.2, -0.15) is 0 Å². The van der Waals surface area contributed by atoms with Gasteiger partial charge in [0.2, 0.25) is 11.8 Å². The first-order valence-corrected chi connectivity index (χ1v) is 10.7. The average molecular weight is 404 g/mol. The van der Waals surface area contributed by atoms with E-state index >= 15 is 0 Å². The van der Waals surface area contributed by atoms with Crippen molar-refractivity contribution in [1.29, 1.82) is 0 Å². The predicted octanol–water partition coefficient (Wildman–Crippen LogP) is 2.65. The van der Waals surface area contributed by atoms with Crippen LogP contribution in [0.15, 0.2) is 12.1 Å². The van der Waals surface area contributed by atoms with Gasteiger partial charge in [-0.05, 0) is 55.9 Å². The van der Waals surface area contributed by atoms with E-state index in [1.807, 2.05) is 19.9 Å². The maximum atomic E-state index is 12.8. The van der Waals surface area contributed by atoms with Crippen molar-refractivity contribution in [3.63, 3.8) is 0 Å². The number of pyridine rings is 1. The fraction of sp³-hybridized carbons (Fsp3) is 0.682. The van der Waals surface area contributed by atoms with Crippen molar-refractivity contribution < 1.29 is 19.1 Å². The monoisotopic (exact) mass is 403 g/mol. The van der Waals surface area contributed by atoms with Crippen LogP contribution < -0.4 is 15.4 Å². The van der Waals surface area contributed by atoms with E-state index in [9.17, 15) is 9.59 Å². The molecule has 1 saturated carbocycles. The molecule has 0 unspecified atom stereocenters. The Bertz CT molecular complexity index is 712. The quantitative estimate of drug-likeness (QED) is 0.662. The van der Waals surface area contributed by atoms with Crippen LogP contribution in [0.25, 0.3) is 0 Å². The smallest absolute Gasteiger partial charge is 0.270 e. The van der Waals surface area contributed by atoms with Gasteiger partial charge in [-0.1, -0.05) is 19.9 Å². The van der Waals surface area contributed by atoms with Gasteiger partial charge in [0.05, 0.1) is 6.61 Å². The lowest BCUT2D eigenvalue weighted by molar-refractivity contribution is -0.122. The van der Waals surface area contributed by atoms with E-state index in [-0.39, 0.29) is 23.4 Å². The van der Waals surface area contributed by atoms with Crippen molar-refractivity contribution in [2.45, 2.75) is 57.9 Å². The first-order chi connectivity index (χ1) is 14.0. The van der Waals surface area contributed by atoms with Crippen LogP contribution >= 0.6 is 0 Å². The standard InChI is InChI=1S/C22H33N3O4/c1-14(2)12-19(20(26)23-3)24-21(27)18-7-6-17(16-4-5-16)22(25-18)29-13-15-8-10-28-11-9-15/h6-7,14-16,19H,4-5,8-13H2,1-3H3,(H,23,26)(H,24,27)/t19-/m0/s1. The van der Waals surface area contributed by atoms with Crippen molar-refractivity contribution in [3.05, 3.63) is 23.4 Å². The summed E-state index contributed by atoms with van der Waals surface area (Å²) >= 11 is 0. The number of hydrogen-bond acceptors (Lipinski definition) is 5. The van der Waals surface area contributed by atoms with E-state index in [0.717, 1.165) is 44.5 Å². The van der Waals surface area contributed by atoms with E-state index in [1.54, 1.807) is 13.1 Å². The lowest BCUT2D eigenvalue weighted by atomic mass is 10.0. The third-order valence-electron chi connectivity index (χ3n) is 5.51. The highest BCUT2D eigenvalue weighted by Crippen LogP contribution is 2.43. The largest absolute Gasteiger partial charge is 0.477 e. The van der Waals surface area contributed by atoms with E-state index in [2.05, 4.69) is 15.6 Å². The van der Waals surface area contributed by atoms with E-state index in [0.29, 0.717) is 30.7 Å². The van der Waals surface area contributed by atoms with Gasteiger partial charge in [0.15, 0.2) is 0 Å². The zero-order valence-electron chi connectivity index (χ0n) is 17.7. The summed E-state index contributed by atoms with van der Waals surface area (Å²) in [4.78, 5) is 29.5. The molecule has 2 N–H and O–H groups in total. The summed E-state index contributed by atoms with van der Waals surface area (Å²) in [6.45, 7) is 6.18. The van der Waals surface area contributed by atoms with Crippen LogP contribution in [0.5, 0.6) is 5.88 Å². The SMILES string of the molecule is CNC(=O)[C@H](CC(C)C)NC(=O)c1ccc(C2CC2)c(OCC2CCOCC2)n1.